The molecule has 2 heterocycles. The first kappa shape index (κ1) is 20.2. The lowest BCUT2D eigenvalue weighted by Gasteiger charge is -2.07. The Bertz CT molecular complexity index is 1160. The minimum atomic E-state index is -0.269. The van der Waals surface area contributed by atoms with Crippen LogP contribution < -0.4 is 5.32 Å². The third-order valence-corrected chi connectivity index (χ3v) is 7.32. The smallest absolute Gasteiger partial charge is 0.239 e. The molecule has 0 saturated carbocycles. The minimum absolute atomic E-state index is 0.0796. The second-order valence-corrected chi connectivity index (χ2v) is 10.5. The molecule has 0 aliphatic heterocycles. The number of benzene rings is 2. The highest BCUT2D eigenvalue weighted by Crippen LogP contribution is 2.34. The summed E-state index contributed by atoms with van der Waals surface area (Å²) in [6, 6.07) is 13.9. The molecule has 0 aliphatic rings. The van der Waals surface area contributed by atoms with Gasteiger partial charge in [-0.3, -0.25) is 9.79 Å². The maximum Gasteiger partial charge on any atom is 0.239 e. The van der Waals surface area contributed by atoms with E-state index in [1.807, 2.05) is 61.0 Å². The summed E-state index contributed by atoms with van der Waals surface area (Å²) in [4.78, 5) is 25.6. The molecule has 1 atom stereocenters. The molecule has 4 rings (SSSR count). The number of nitrogens with one attached hydrogen (secondary N) is 1. The molecule has 4 aromatic rings. The Hall–Kier alpha value is -2.07. The summed E-state index contributed by atoms with van der Waals surface area (Å²) in [6.45, 7) is 1.87. The van der Waals surface area contributed by atoms with Crippen molar-refractivity contribution >= 4 is 83.5 Å². The summed E-state index contributed by atoms with van der Waals surface area (Å²) in [5.74, 6) is -0.0796. The summed E-state index contributed by atoms with van der Waals surface area (Å²) in [5.41, 5.74) is 2.82. The second kappa shape index (κ2) is 9.17. The van der Waals surface area contributed by atoms with Gasteiger partial charge in [0.1, 0.15) is 0 Å². The zero-order valence-electron chi connectivity index (χ0n) is 15.2. The van der Waals surface area contributed by atoms with Crippen LogP contribution in [0.5, 0.6) is 0 Å². The lowest BCUT2D eigenvalue weighted by molar-refractivity contribution is -0.115. The van der Waals surface area contributed by atoms with Gasteiger partial charge < -0.3 is 5.32 Å². The van der Waals surface area contributed by atoms with Gasteiger partial charge in [-0.2, -0.15) is 0 Å². The molecule has 0 spiro atoms. The normalized spacial score (nSPS) is 12.5. The van der Waals surface area contributed by atoms with Crippen LogP contribution in [0.1, 0.15) is 12.5 Å². The molecule has 0 saturated heterocycles. The molecule has 2 aromatic carbocycles. The van der Waals surface area contributed by atoms with Gasteiger partial charge in [0.2, 0.25) is 5.91 Å². The van der Waals surface area contributed by atoms with Gasteiger partial charge >= 0.3 is 0 Å². The maximum atomic E-state index is 12.3. The Balaban J connectivity index is 1.45. The zero-order chi connectivity index (χ0) is 20.2. The van der Waals surface area contributed by atoms with Crippen LogP contribution >= 0.6 is 50.4 Å². The molecular weight excluding hydrogens is 488 g/mol. The van der Waals surface area contributed by atoms with Crippen LogP contribution in [0, 0.1) is 0 Å². The summed E-state index contributed by atoms with van der Waals surface area (Å²) in [6.07, 6.45) is 3.51. The number of carbonyl (C=O) groups is 1. The fourth-order valence-corrected chi connectivity index (χ4v) is 5.46. The van der Waals surface area contributed by atoms with Crippen molar-refractivity contribution in [2.45, 2.75) is 16.5 Å². The summed E-state index contributed by atoms with van der Waals surface area (Å²) in [7, 11) is 0. The Morgan fingerprint density at radius 3 is 2.86 bits per heavy atom. The second-order valence-electron chi connectivity index (χ2n) is 6.03. The van der Waals surface area contributed by atoms with Crippen LogP contribution in [0.15, 0.2) is 67.8 Å². The van der Waals surface area contributed by atoms with Crippen LogP contribution in [0.2, 0.25) is 0 Å². The number of nitrogens with zero attached hydrogens (tertiary/aromatic N) is 3. The minimum Gasteiger partial charge on any atom is -0.301 e. The molecule has 1 N–H and O–H groups in total. The summed E-state index contributed by atoms with van der Waals surface area (Å²) in [5, 5.41) is 5.00. The van der Waals surface area contributed by atoms with E-state index in [1.54, 1.807) is 17.5 Å². The van der Waals surface area contributed by atoms with E-state index < -0.39 is 0 Å². The molecular formula is C20H15BrN4OS3. The zero-order valence-corrected chi connectivity index (χ0v) is 19.2. The number of anilines is 1. The average Bonchev–Trinajstić information content (AvgIpc) is 3.36. The van der Waals surface area contributed by atoms with Crippen LogP contribution in [0.3, 0.4) is 0 Å². The first-order valence-electron chi connectivity index (χ1n) is 8.64. The SMILES string of the molecule is C[C@H](Sc1nc2ccc(N=Cc3ccc(Br)cc3)cc2s1)C(=O)Nc1nccs1. The highest BCUT2D eigenvalue weighted by atomic mass is 79.9. The first-order chi connectivity index (χ1) is 14.1. The molecule has 0 fully saturated rings. The number of thioether (sulfide) groups is 1. The molecule has 1 amide bonds. The fourth-order valence-electron chi connectivity index (χ4n) is 2.42. The number of aliphatic imine (C=N–C) groups is 1. The molecule has 0 bridgehead atoms. The number of fused-ring (bicyclic) bond motifs is 1. The Labute approximate surface area is 188 Å². The summed E-state index contributed by atoms with van der Waals surface area (Å²) < 4.78 is 2.95. The van der Waals surface area contributed by atoms with Crippen LogP contribution in [-0.2, 0) is 4.79 Å². The van der Waals surface area contributed by atoms with Gasteiger partial charge in [-0.25, -0.2) is 9.97 Å². The number of halogens is 1. The number of thiazole rings is 2. The van der Waals surface area contributed by atoms with Gasteiger partial charge in [0.25, 0.3) is 0 Å². The number of hydrogen-bond donors (Lipinski definition) is 1. The largest absolute Gasteiger partial charge is 0.301 e. The number of rotatable bonds is 6. The first-order valence-corrected chi connectivity index (χ1v) is 12.0. The molecule has 0 radical (unpaired) electrons. The third kappa shape index (κ3) is 5.30. The van der Waals surface area contributed by atoms with Crippen molar-refractivity contribution in [2.75, 3.05) is 5.32 Å². The predicted molar refractivity (Wildman–Crippen MR) is 127 cm³/mol. The van der Waals surface area contributed by atoms with E-state index in [0.29, 0.717) is 5.13 Å². The van der Waals surface area contributed by atoms with Crippen LogP contribution in [0.4, 0.5) is 10.8 Å². The predicted octanol–water partition coefficient (Wildman–Crippen LogP) is 6.39. The third-order valence-electron chi connectivity index (χ3n) is 3.89. The van der Waals surface area contributed by atoms with Crippen molar-refractivity contribution in [1.82, 2.24) is 9.97 Å². The number of carbonyl (C=O) groups excluding carboxylic acids is 1. The fraction of sp³-hybridized carbons (Fsp3) is 0.100. The molecule has 2 aromatic heterocycles. The number of amides is 1. The molecule has 9 heteroatoms. The van der Waals surface area contributed by atoms with Gasteiger partial charge in [0, 0.05) is 22.3 Å². The van der Waals surface area contributed by atoms with Gasteiger partial charge in [-0.05, 0) is 42.8 Å². The van der Waals surface area contributed by atoms with E-state index >= 15 is 0 Å². The highest BCUT2D eigenvalue weighted by Gasteiger charge is 2.18. The topological polar surface area (TPSA) is 67.2 Å². The van der Waals surface area contributed by atoms with E-state index in [-0.39, 0.29) is 11.2 Å². The maximum absolute atomic E-state index is 12.3. The van der Waals surface area contributed by atoms with Crippen LogP contribution in [-0.4, -0.2) is 27.3 Å². The summed E-state index contributed by atoms with van der Waals surface area (Å²) >= 11 is 7.85. The van der Waals surface area contributed by atoms with E-state index in [2.05, 4.69) is 36.2 Å². The van der Waals surface area contributed by atoms with Crippen molar-refractivity contribution in [3.63, 3.8) is 0 Å². The van der Waals surface area contributed by atoms with Crippen molar-refractivity contribution in [1.29, 1.82) is 0 Å². The average molecular weight is 503 g/mol. The lowest BCUT2D eigenvalue weighted by Crippen LogP contribution is -2.22. The van der Waals surface area contributed by atoms with Crippen molar-refractivity contribution < 1.29 is 4.79 Å². The number of aromatic nitrogens is 2. The Morgan fingerprint density at radius 2 is 2.10 bits per heavy atom. The van der Waals surface area contributed by atoms with Crippen molar-refractivity contribution in [3.8, 4) is 0 Å². The van der Waals surface area contributed by atoms with E-state index in [1.165, 1.54) is 23.1 Å². The quantitative estimate of drug-likeness (QED) is 0.245. The molecule has 5 nitrogen and oxygen atoms in total. The Morgan fingerprint density at radius 1 is 1.28 bits per heavy atom. The number of hydrogen-bond acceptors (Lipinski definition) is 7. The van der Waals surface area contributed by atoms with E-state index in [9.17, 15) is 4.79 Å². The Kier molecular flexibility index (Phi) is 6.39. The highest BCUT2D eigenvalue weighted by molar-refractivity contribution is 9.10. The van der Waals surface area contributed by atoms with Gasteiger partial charge in [0.05, 0.1) is 21.2 Å². The van der Waals surface area contributed by atoms with Gasteiger partial charge in [-0.15, -0.1) is 22.7 Å². The van der Waals surface area contributed by atoms with Gasteiger partial charge in [0.15, 0.2) is 9.47 Å². The van der Waals surface area contributed by atoms with Crippen molar-refractivity contribution in [3.05, 3.63) is 64.1 Å². The molecule has 0 aliphatic carbocycles. The lowest BCUT2D eigenvalue weighted by atomic mass is 10.2. The van der Waals surface area contributed by atoms with Crippen molar-refractivity contribution in [2.24, 2.45) is 4.99 Å². The standard InChI is InChI=1S/C20H15BrN4OS3/c1-12(18(26)25-19-22-8-9-27-19)28-20-24-16-7-6-15(10-17(16)29-20)23-11-13-2-4-14(21)5-3-13/h2-12H,1H3,(H,22,25,26)/t12-/m0/s1. The van der Waals surface area contributed by atoms with Gasteiger partial charge in [-0.1, -0.05) is 39.8 Å². The van der Waals surface area contributed by atoms with E-state index in [0.717, 1.165) is 30.3 Å². The molecule has 29 heavy (non-hydrogen) atoms. The molecule has 0 unspecified atom stereocenters. The van der Waals surface area contributed by atoms with Crippen LogP contribution in [0.25, 0.3) is 10.2 Å². The monoisotopic (exact) mass is 502 g/mol. The molecule has 146 valence electrons. The van der Waals surface area contributed by atoms with E-state index in [4.69, 9.17) is 0 Å².